The van der Waals surface area contributed by atoms with Crippen LogP contribution in [0.5, 0.6) is 0 Å². The molecule has 0 aromatic carbocycles. The lowest BCUT2D eigenvalue weighted by Gasteiger charge is -2.42. The lowest BCUT2D eigenvalue weighted by molar-refractivity contribution is -0.385. The Morgan fingerprint density at radius 2 is 0.821 bits per heavy atom. The van der Waals surface area contributed by atoms with Crippen LogP contribution in [0.25, 0.3) is 0 Å². The molecule has 0 aromatic heterocycles. The Morgan fingerprint density at radius 3 is 1.00 bits per heavy atom. The summed E-state index contributed by atoms with van der Waals surface area (Å²) in [6.07, 6.45) is -39.4. The summed E-state index contributed by atoms with van der Waals surface area (Å²) in [5.41, 5.74) is -14.5. The fourth-order valence-electron chi connectivity index (χ4n) is 1.95. The van der Waals surface area contributed by atoms with Crippen LogP contribution in [0.3, 0.4) is 0 Å². The number of rotatable bonds is 5. The van der Waals surface area contributed by atoms with E-state index >= 15 is 0 Å². The van der Waals surface area contributed by atoms with E-state index in [4.69, 9.17) is 0 Å². The maximum absolute atomic E-state index is 13.8. The van der Waals surface area contributed by atoms with Crippen molar-refractivity contribution in [2.24, 2.45) is 5.92 Å². The predicted octanol–water partition coefficient (Wildman–Crippen LogP) is 7.02. The molecule has 0 radical (unpaired) electrons. The van der Waals surface area contributed by atoms with Crippen molar-refractivity contribution in [1.82, 2.24) is 0 Å². The first-order valence-electron chi connectivity index (χ1n) is 6.10. The van der Waals surface area contributed by atoms with E-state index in [1.54, 1.807) is 0 Å². The molecular weight excluding hydrogens is 570 g/mol. The van der Waals surface area contributed by atoms with Crippen molar-refractivity contribution in [1.29, 1.82) is 0 Å². The first-order chi connectivity index (χ1) is 11.7. The molecule has 0 aliphatic rings. The van der Waals surface area contributed by atoms with Crippen LogP contribution in [0.4, 0.5) is 74.6 Å². The summed E-state index contributed by atoms with van der Waals surface area (Å²) in [5, 5.41) is 0. The van der Waals surface area contributed by atoms with Gasteiger partial charge in [0, 0.05) is 29.0 Å². The number of hydrogen-bond donors (Lipinski definition) is 0. The van der Waals surface area contributed by atoms with Gasteiger partial charge in [0.05, 0.1) is 5.92 Å². The first-order valence-corrected chi connectivity index (χ1v) is 7.18. The molecule has 28 heavy (non-hydrogen) atoms. The van der Waals surface area contributed by atoms with Gasteiger partial charge in [-0.15, -0.1) is 0 Å². The van der Waals surface area contributed by atoms with Gasteiger partial charge in [0.1, 0.15) is 0 Å². The Morgan fingerprint density at radius 1 is 0.536 bits per heavy atom. The molecule has 0 saturated carbocycles. The highest BCUT2D eigenvalue weighted by Gasteiger charge is 2.82. The molecule has 0 fully saturated rings. The highest BCUT2D eigenvalue weighted by molar-refractivity contribution is 14.1. The Labute approximate surface area is 156 Å². The maximum atomic E-state index is 13.8. The van der Waals surface area contributed by atoms with Crippen molar-refractivity contribution in [3.63, 3.8) is 0 Å². The molecule has 0 aromatic rings. The van der Waals surface area contributed by atoms with Crippen LogP contribution in [0.15, 0.2) is 0 Å². The average Bonchev–Trinajstić information content (AvgIpc) is 2.36. The lowest BCUT2D eigenvalue weighted by atomic mass is 9.76. The molecule has 0 amide bonds. The fraction of sp³-hybridized carbons (Fsp3) is 1.00. The standard InChI is InChI=1S/C10H4F17I/c11-3(6(14,15)28)2(5(13,9(22,23)24)10(25,26)27)1-4(12,7(16,17)18)8(19,20)21/h2-3H,1H2. The quantitative estimate of drug-likeness (QED) is 0.188. The van der Waals surface area contributed by atoms with Crippen molar-refractivity contribution in [2.75, 3.05) is 0 Å². The zero-order chi connectivity index (χ0) is 23.4. The zero-order valence-electron chi connectivity index (χ0n) is 12.2. The van der Waals surface area contributed by atoms with Gasteiger partial charge in [-0.25, -0.2) is 13.2 Å². The smallest absolute Gasteiger partial charge is 0.239 e. The van der Waals surface area contributed by atoms with Crippen molar-refractivity contribution < 1.29 is 74.6 Å². The van der Waals surface area contributed by atoms with Gasteiger partial charge in [-0.2, -0.15) is 61.5 Å². The minimum atomic E-state index is -7.54. The van der Waals surface area contributed by atoms with E-state index in [0.29, 0.717) is 0 Å². The lowest BCUT2D eigenvalue weighted by Crippen LogP contribution is -2.65. The van der Waals surface area contributed by atoms with Crippen molar-refractivity contribution in [2.45, 2.75) is 52.6 Å². The highest BCUT2D eigenvalue weighted by Crippen LogP contribution is 2.59. The summed E-state index contributed by atoms with van der Waals surface area (Å²) in [7, 11) is 0. The van der Waals surface area contributed by atoms with Gasteiger partial charge in [0.15, 0.2) is 6.17 Å². The van der Waals surface area contributed by atoms with E-state index < -0.39 is 81.1 Å². The van der Waals surface area contributed by atoms with Gasteiger partial charge in [0.2, 0.25) is 0 Å². The minimum absolute atomic E-state index is 0.587. The minimum Gasteiger partial charge on any atom is -0.239 e. The van der Waals surface area contributed by atoms with E-state index in [9.17, 15) is 74.6 Å². The van der Waals surface area contributed by atoms with Gasteiger partial charge >= 0.3 is 34.3 Å². The average molecular weight is 574 g/mol. The highest BCUT2D eigenvalue weighted by atomic mass is 127. The molecule has 2 atom stereocenters. The van der Waals surface area contributed by atoms with E-state index in [2.05, 4.69) is 0 Å². The number of alkyl halides is 18. The summed E-state index contributed by atoms with van der Waals surface area (Å²) in [5.74, 6) is -5.52. The molecular formula is C10H4F17I. The van der Waals surface area contributed by atoms with Gasteiger partial charge in [-0.05, 0) is 0 Å². The second kappa shape index (κ2) is 7.35. The third kappa shape index (κ3) is 4.81. The zero-order valence-corrected chi connectivity index (χ0v) is 14.3. The van der Waals surface area contributed by atoms with E-state index in [-0.39, 0.29) is 0 Å². The number of hydrogen-bond acceptors (Lipinski definition) is 0. The largest absolute Gasteiger partial charge is 0.431 e. The third-order valence-corrected chi connectivity index (χ3v) is 4.00. The fourth-order valence-corrected chi connectivity index (χ4v) is 2.38. The molecule has 0 aliphatic heterocycles. The topological polar surface area (TPSA) is 0 Å². The SMILES string of the molecule is FC(C(CC(F)(C(F)(F)F)C(F)(F)F)C(F)(C(F)(F)F)C(F)(F)F)C(F)(F)I. The summed E-state index contributed by atoms with van der Waals surface area (Å²) in [4.78, 5) is 0. The van der Waals surface area contributed by atoms with Crippen LogP contribution in [0.2, 0.25) is 0 Å². The Hall–Kier alpha value is -0.460. The molecule has 0 rings (SSSR count). The summed E-state index contributed by atoms with van der Waals surface area (Å²) in [6.45, 7) is 0. The molecule has 170 valence electrons. The van der Waals surface area contributed by atoms with Gasteiger partial charge < -0.3 is 0 Å². The van der Waals surface area contributed by atoms with Crippen LogP contribution < -0.4 is 0 Å². The Kier molecular flexibility index (Phi) is 7.23. The molecule has 0 spiro atoms. The second-order valence-corrected chi connectivity index (χ2v) is 6.70. The van der Waals surface area contributed by atoms with Gasteiger partial charge in [-0.1, -0.05) is 0 Å². The van der Waals surface area contributed by atoms with Crippen LogP contribution in [0.1, 0.15) is 6.42 Å². The maximum Gasteiger partial charge on any atom is 0.431 e. The molecule has 0 heterocycles. The molecule has 0 nitrogen and oxygen atoms in total. The van der Waals surface area contributed by atoms with E-state index in [1.165, 1.54) is 0 Å². The van der Waals surface area contributed by atoms with Gasteiger partial charge in [-0.3, -0.25) is 0 Å². The molecule has 0 saturated heterocycles. The van der Waals surface area contributed by atoms with Crippen LogP contribution in [0, 0.1) is 5.92 Å². The molecule has 2 unspecified atom stereocenters. The van der Waals surface area contributed by atoms with Crippen LogP contribution in [-0.2, 0) is 0 Å². The first kappa shape index (κ1) is 27.5. The van der Waals surface area contributed by atoms with Gasteiger partial charge in [0.25, 0.3) is 5.67 Å². The molecule has 0 bridgehead atoms. The Bertz CT molecular complexity index is 503. The monoisotopic (exact) mass is 574 g/mol. The summed E-state index contributed by atoms with van der Waals surface area (Å²) < 4.78 is 211. The third-order valence-electron chi connectivity index (χ3n) is 3.40. The van der Waals surface area contributed by atoms with Crippen molar-refractivity contribution >= 4 is 22.6 Å². The van der Waals surface area contributed by atoms with Crippen LogP contribution >= 0.6 is 22.6 Å². The van der Waals surface area contributed by atoms with E-state index in [1.807, 2.05) is 0 Å². The summed E-state index contributed by atoms with van der Waals surface area (Å²) >= 11 is -0.587. The van der Waals surface area contributed by atoms with Crippen molar-refractivity contribution in [3.8, 4) is 0 Å². The summed E-state index contributed by atoms with van der Waals surface area (Å²) in [6, 6.07) is 0. The van der Waals surface area contributed by atoms with E-state index in [0.717, 1.165) is 0 Å². The normalized spacial score (nSPS) is 18.2. The molecule has 18 heteroatoms. The number of halogens is 18. The molecule has 0 N–H and O–H groups in total. The molecule has 0 aliphatic carbocycles. The van der Waals surface area contributed by atoms with Crippen LogP contribution in [-0.4, -0.2) is 46.1 Å². The Balaban J connectivity index is 6.94. The second-order valence-electron chi connectivity index (χ2n) is 5.26. The predicted molar refractivity (Wildman–Crippen MR) is 63.9 cm³/mol. The van der Waals surface area contributed by atoms with Crippen molar-refractivity contribution in [3.05, 3.63) is 0 Å².